The van der Waals surface area contributed by atoms with Gasteiger partial charge in [-0.05, 0) is 36.5 Å². The van der Waals surface area contributed by atoms with Crippen LogP contribution in [0.4, 0.5) is 0 Å². The van der Waals surface area contributed by atoms with E-state index in [-0.39, 0.29) is 18.2 Å². The number of likely N-dealkylation sites (tertiary alicyclic amines) is 1. The smallest absolute Gasteiger partial charge is 0.332 e. The highest BCUT2D eigenvalue weighted by Gasteiger charge is 2.31. The van der Waals surface area contributed by atoms with Gasteiger partial charge in [-0.15, -0.1) is 0 Å². The fourth-order valence-corrected chi connectivity index (χ4v) is 3.16. The van der Waals surface area contributed by atoms with Crippen LogP contribution in [0.25, 0.3) is 0 Å². The highest BCUT2D eigenvalue weighted by molar-refractivity contribution is 6.36. The summed E-state index contributed by atoms with van der Waals surface area (Å²) in [6.07, 6.45) is -0.314. The number of carbonyl (C=O) groups is 2. The zero-order valence-corrected chi connectivity index (χ0v) is 13.3. The van der Waals surface area contributed by atoms with Crippen molar-refractivity contribution in [2.75, 3.05) is 13.1 Å². The number of rotatable bonds is 4. The largest absolute Gasteiger partial charge is 0.479 e. The van der Waals surface area contributed by atoms with Gasteiger partial charge in [0.1, 0.15) is 0 Å². The Kier molecular flexibility index (Phi) is 5.67. The Balaban J connectivity index is 1.94. The third-order valence-corrected chi connectivity index (χ3v) is 4.69. The van der Waals surface area contributed by atoms with Crippen LogP contribution in [0, 0.1) is 5.92 Å². The molecule has 1 aromatic rings. The van der Waals surface area contributed by atoms with Crippen LogP contribution in [0.3, 0.4) is 0 Å². The van der Waals surface area contributed by atoms with E-state index in [1.54, 1.807) is 23.1 Å². The summed E-state index contributed by atoms with van der Waals surface area (Å²) in [5.41, 5.74) is 0.600. The van der Waals surface area contributed by atoms with Crippen LogP contribution in [-0.2, 0) is 16.0 Å². The van der Waals surface area contributed by atoms with Gasteiger partial charge in [0.15, 0.2) is 6.10 Å². The monoisotopic (exact) mass is 345 g/mol. The number of halogens is 2. The lowest BCUT2D eigenvalue weighted by molar-refractivity contribution is -0.151. The summed E-state index contributed by atoms with van der Waals surface area (Å²) in [5.74, 6) is -1.63. The summed E-state index contributed by atoms with van der Waals surface area (Å²) < 4.78 is 0. The van der Waals surface area contributed by atoms with Gasteiger partial charge in [-0.1, -0.05) is 29.3 Å². The van der Waals surface area contributed by atoms with Crippen LogP contribution >= 0.6 is 23.2 Å². The molecule has 2 N–H and O–H groups in total. The molecular weight excluding hydrogens is 329 g/mol. The minimum absolute atomic E-state index is 0.0988. The first-order chi connectivity index (χ1) is 10.4. The number of carbonyl (C=O) groups excluding carboxylic acids is 1. The molecule has 0 radical (unpaired) electrons. The Labute approximate surface area is 138 Å². The van der Waals surface area contributed by atoms with Crippen molar-refractivity contribution in [1.29, 1.82) is 0 Å². The molecule has 5 nitrogen and oxygen atoms in total. The standard InChI is InChI=1S/C15H17Cl2NO4/c16-11-2-1-3-12(17)10(11)8-13(19)18-6-4-9(5-7-18)14(20)15(21)22/h1-3,9,14,20H,4-8H2,(H,21,22). The molecule has 0 spiro atoms. The minimum atomic E-state index is -1.37. The average Bonchev–Trinajstić information content (AvgIpc) is 2.50. The molecule has 1 heterocycles. The molecule has 1 aromatic carbocycles. The van der Waals surface area contributed by atoms with Crippen LogP contribution in [0.1, 0.15) is 18.4 Å². The van der Waals surface area contributed by atoms with E-state index >= 15 is 0 Å². The number of nitrogens with zero attached hydrogens (tertiary/aromatic N) is 1. The van der Waals surface area contributed by atoms with Crippen molar-refractivity contribution in [2.24, 2.45) is 5.92 Å². The maximum Gasteiger partial charge on any atom is 0.332 e. The van der Waals surface area contributed by atoms with E-state index in [0.717, 1.165) is 0 Å². The Morgan fingerprint density at radius 2 is 1.77 bits per heavy atom. The Morgan fingerprint density at radius 1 is 1.23 bits per heavy atom. The quantitative estimate of drug-likeness (QED) is 0.876. The van der Waals surface area contributed by atoms with E-state index in [1.807, 2.05) is 0 Å². The third-order valence-electron chi connectivity index (χ3n) is 3.98. The Morgan fingerprint density at radius 3 is 2.27 bits per heavy atom. The number of aliphatic hydroxyl groups is 1. The van der Waals surface area contributed by atoms with Gasteiger partial charge in [-0.3, -0.25) is 4.79 Å². The van der Waals surface area contributed by atoms with Crippen LogP contribution < -0.4 is 0 Å². The van der Waals surface area contributed by atoms with E-state index in [1.165, 1.54) is 0 Å². The van der Waals surface area contributed by atoms with Crippen molar-refractivity contribution >= 4 is 35.1 Å². The molecule has 0 aliphatic carbocycles. The molecule has 1 aliphatic rings. The molecule has 1 aliphatic heterocycles. The summed E-state index contributed by atoms with van der Waals surface area (Å²) in [6, 6.07) is 5.09. The number of piperidine rings is 1. The lowest BCUT2D eigenvalue weighted by Gasteiger charge is -2.33. The zero-order chi connectivity index (χ0) is 16.3. The Hall–Kier alpha value is -1.30. The topological polar surface area (TPSA) is 77.8 Å². The van der Waals surface area contributed by atoms with Gasteiger partial charge >= 0.3 is 5.97 Å². The molecule has 2 rings (SSSR count). The van der Waals surface area contributed by atoms with Gasteiger partial charge in [0.2, 0.25) is 5.91 Å². The molecule has 0 aromatic heterocycles. The summed E-state index contributed by atoms with van der Waals surface area (Å²) in [5, 5.41) is 19.3. The van der Waals surface area contributed by atoms with Gasteiger partial charge in [0, 0.05) is 23.1 Å². The van der Waals surface area contributed by atoms with Crippen molar-refractivity contribution in [1.82, 2.24) is 4.90 Å². The van der Waals surface area contributed by atoms with Crippen LogP contribution in [0.2, 0.25) is 10.0 Å². The fourth-order valence-electron chi connectivity index (χ4n) is 2.63. The number of carboxylic acids is 1. The van der Waals surface area contributed by atoms with Crippen molar-refractivity contribution in [3.63, 3.8) is 0 Å². The second kappa shape index (κ2) is 7.31. The van der Waals surface area contributed by atoms with Crippen molar-refractivity contribution < 1.29 is 19.8 Å². The highest BCUT2D eigenvalue weighted by Crippen LogP contribution is 2.26. The van der Waals surface area contributed by atoms with E-state index < -0.39 is 12.1 Å². The molecule has 0 saturated carbocycles. The predicted octanol–water partition coefficient (Wildman–Crippen LogP) is 2.22. The molecule has 1 saturated heterocycles. The second-order valence-corrected chi connectivity index (χ2v) is 6.19. The molecule has 1 amide bonds. The molecule has 120 valence electrons. The second-order valence-electron chi connectivity index (χ2n) is 5.38. The molecule has 7 heteroatoms. The molecule has 22 heavy (non-hydrogen) atoms. The van der Waals surface area contributed by atoms with Gasteiger partial charge in [-0.2, -0.15) is 0 Å². The normalized spacial score (nSPS) is 17.3. The summed E-state index contributed by atoms with van der Waals surface area (Å²) >= 11 is 12.1. The number of amides is 1. The van der Waals surface area contributed by atoms with E-state index in [2.05, 4.69) is 0 Å². The number of hydrogen-bond donors (Lipinski definition) is 2. The van der Waals surface area contributed by atoms with Gasteiger partial charge in [-0.25, -0.2) is 4.79 Å². The number of hydrogen-bond acceptors (Lipinski definition) is 3. The Bertz CT molecular complexity index is 550. The van der Waals surface area contributed by atoms with Gasteiger partial charge < -0.3 is 15.1 Å². The minimum Gasteiger partial charge on any atom is -0.479 e. The molecular formula is C15H17Cl2NO4. The predicted molar refractivity (Wildman–Crippen MR) is 83.1 cm³/mol. The average molecular weight is 346 g/mol. The fraction of sp³-hybridized carbons (Fsp3) is 0.467. The van der Waals surface area contributed by atoms with Gasteiger partial charge in [0.25, 0.3) is 0 Å². The molecule has 0 bridgehead atoms. The van der Waals surface area contributed by atoms with Crippen molar-refractivity contribution in [2.45, 2.75) is 25.4 Å². The zero-order valence-electron chi connectivity index (χ0n) is 11.8. The first-order valence-corrected chi connectivity index (χ1v) is 7.77. The highest BCUT2D eigenvalue weighted by atomic mass is 35.5. The van der Waals surface area contributed by atoms with E-state index in [9.17, 15) is 14.7 Å². The first-order valence-electron chi connectivity index (χ1n) is 7.01. The number of carboxylic acid groups (broad SMARTS) is 1. The lowest BCUT2D eigenvalue weighted by atomic mass is 9.91. The summed E-state index contributed by atoms with van der Waals surface area (Å²) in [6.45, 7) is 0.853. The van der Waals surface area contributed by atoms with Crippen molar-refractivity contribution in [3.05, 3.63) is 33.8 Å². The van der Waals surface area contributed by atoms with Crippen LogP contribution in [0.5, 0.6) is 0 Å². The SMILES string of the molecule is O=C(O)C(O)C1CCN(C(=O)Cc2c(Cl)cccc2Cl)CC1. The number of benzene rings is 1. The molecule has 1 fully saturated rings. The third kappa shape index (κ3) is 3.91. The molecule has 1 unspecified atom stereocenters. The van der Waals surface area contributed by atoms with E-state index in [4.69, 9.17) is 28.3 Å². The van der Waals surface area contributed by atoms with Crippen LogP contribution in [0.15, 0.2) is 18.2 Å². The first kappa shape index (κ1) is 17.1. The van der Waals surface area contributed by atoms with Crippen molar-refractivity contribution in [3.8, 4) is 0 Å². The number of aliphatic carboxylic acids is 1. The maximum atomic E-state index is 12.3. The molecule has 1 atom stereocenters. The lowest BCUT2D eigenvalue weighted by Crippen LogP contribution is -2.43. The summed E-state index contributed by atoms with van der Waals surface area (Å²) in [4.78, 5) is 24.7. The number of aliphatic hydroxyl groups excluding tert-OH is 1. The maximum absolute atomic E-state index is 12.3. The van der Waals surface area contributed by atoms with E-state index in [0.29, 0.717) is 41.5 Å². The van der Waals surface area contributed by atoms with Crippen LogP contribution in [-0.4, -0.2) is 46.2 Å². The summed E-state index contributed by atoms with van der Waals surface area (Å²) in [7, 11) is 0. The van der Waals surface area contributed by atoms with Gasteiger partial charge in [0.05, 0.1) is 6.42 Å².